The third-order valence-corrected chi connectivity index (χ3v) is 5.31. The van der Waals surface area contributed by atoms with Crippen LogP contribution in [0.4, 0.5) is 26.3 Å². The fourth-order valence-electron chi connectivity index (χ4n) is 2.67. The van der Waals surface area contributed by atoms with Crippen LogP contribution in [0.3, 0.4) is 0 Å². The average molecular weight is 416 g/mol. The van der Waals surface area contributed by atoms with Gasteiger partial charge in [-0.25, -0.2) is 8.93 Å². The lowest BCUT2D eigenvalue weighted by atomic mass is 9.97. The summed E-state index contributed by atoms with van der Waals surface area (Å²) in [5, 5.41) is 0. The Hall–Kier alpha value is -1.62. The molecule has 11 heteroatoms. The molecule has 1 amide bonds. The minimum Gasteiger partial charge on any atom is -0.330 e. The lowest BCUT2D eigenvalue weighted by Crippen LogP contribution is -2.44. The molecule has 0 radical (unpaired) electrons. The molecule has 0 fully saturated rings. The van der Waals surface area contributed by atoms with Gasteiger partial charge in [0.1, 0.15) is 11.0 Å². The second-order valence-corrected chi connectivity index (χ2v) is 8.39. The van der Waals surface area contributed by atoms with E-state index >= 15 is 0 Å². The molecule has 1 atom stereocenters. The van der Waals surface area contributed by atoms with Crippen LogP contribution < -0.4 is 4.72 Å². The summed E-state index contributed by atoms with van der Waals surface area (Å²) >= 11 is 0. The Morgan fingerprint density at radius 2 is 1.70 bits per heavy atom. The molecular formula is C16H18F6N2O2S. The molecule has 27 heavy (non-hydrogen) atoms. The zero-order valence-corrected chi connectivity index (χ0v) is 15.5. The molecule has 152 valence electrons. The van der Waals surface area contributed by atoms with Crippen molar-refractivity contribution >= 4 is 16.9 Å². The van der Waals surface area contributed by atoms with Crippen LogP contribution in [-0.4, -0.2) is 33.3 Å². The first-order chi connectivity index (χ1) is 12.1. The third-order valence-electron chi connectivity index (χ3n) is 3.75. The van der Waals surface area contributed by atoms with E-state index in [0.29, 0.717) is 11.0 Å². The Morgan fingerprint density at radius 1 is 1.11 bits per heavy atom. The molecule has 0 bridgehead atoms. The Morgan fingerprint density at radius 3 is 2.19 bits per heavy atom. The Labute approximate surface area is 154 Å². The molecule has 0 spiro atoms. The SMILES string of the molecule is CC(C)(C)NS(=O)c1cc(C(F)(F)F)cc2c1CCN(C(=O)C(F)(F)F)C2. The number of amides is 1. The summed E-state index contributed by atoms with van der Waals surface area (Å²) in [6.07, 6.45) is -10.0. The summed E-state index contributed by atoms with van der Waals surface area (Å²) in [6.45, 7) is 4.08. The minimum atomic E-state index is -5.11. The molecule has 1 unspecified atom stereocenters. The van der Waals surface area contributed by atoms with E-state index in [1.54, 1.807) is 20.8 Å². The van der Waals surface area contributed by atoms with Crippen LogP contribution in [0.15, 0.2) is 17.0 Å². The molecule has 1 aliphatic rings. The van der Waals surface area contributed by atoms with Gasteiger partial charge in [0.2, 0.25) is 0 Å². The Bertz CT molecular complexity index is 768. The quantitative estimate of drug-likeness (QED) is 0.750. The van der Waals surface area contributed by atoms with E-state index < -0.39 is 46.9 Å². The van der Waals surface area contributed by atoms with Gasteiger partial charge in [0, 0.05) is 18.6 Å². The van der Waals surface area contributed by atoms with Gasteiger partial charge in [-0.05, 0) is 50.5 Å². The van der Waals surface area contributed by atoms with Gasteiger partial charge in [0.15, 0.2) is 0 Å². The van der Waals surface area contributed by atoms with Crippen LogP contribution in [0.2, 0.25) is 0 Å². The summed E-state index contributed by atoms with van der Waals surface area (Å²) in [7, 11) is -2.00. The largest absolute Gasteiger partial charge is 0.471 e. The van der Waals surface area contributed by atoms with Crippen LogP contribution in [-0.2, 0) is 34.9 Å². The van der Waals surface area contributed by atoms with Gasteiger partial charge in [-0.3, -0.25) is 4.79 Å². The van der Waals surface area contributed by atoms with Crippen molar-refractivity contribution in [3.05, 3.63) is 28.8 Å². The first-order valence-electron chi connectivity index (χ1n) is 7.88. The fourth-order valence-corrected chi connectivity index (χ4v) is 4.03. The van der Waals surface area contributed by atoms with E-state index in [9.17, 15) is 35.3 Å². The van der Waals surface area contributed by atoms with Crippen molar-refractivity contribution in [2.75, 3.05) is 6.54 Å². The zero-order valence-electron chi connectivity index (χ0n) is 14.7. The van der Waals surface area contributed by atoms with Crippen molar-refractivity contribution in [3.8, 4) is 0 Å². The van der Waals surface area contributed by atoms with Crippen molar-refractivity contribution in [1.82, 2.24) is 9.62 Å². The highest BCUT2D eigenvalue weighted by molar-refractivity contribution is 7.83. The van der Waals surface area contributed by atoms with Crippen molar-refractivity contribution in [2.24, 2.45) is 0 Å². The number of alkyl halides is 6. The van der Waals surface area contributed by atoms with Gasteiger partial charge in [0.25, 0.3) is 0 Å². The number of rotatable bonds is 2. The summed E-state index contributed by atoms with van der Waals surface area (Å²) in [5.41, 5.74) is -1.61. The van der Waals surface area contributed by atoms with E-state index in [1.807, 2.05) is 0 Å². The number of fused-ring (bicyclic) bond motifs is 1. The summed E-state index contributed by atoms with van der Waals surface area (Å²) in [4.78, 5) is 11.7. The molecule has 1 aromatic rings. The predicted molar refractivity (Wildman–Crippen MR) is 85.9 cm³/mol. The number of carbonyl (C=O) groups excluding carboxylic acids is 1. The molecule has 1 heterocycles. The molecule has 0 saturated heterocycles. The monoisotopic (exact) mass is 416 g/mol. The predicted octanol–water partition coefficient (Wildman–Crippen LogP) is 3.56. The smallest absolute Gasteiger partial charge is 0.330 e. The number of carbonyl (C=O) groups is 1. The van der Waals surface area contributed by atoms with Gasteiger partial charge >= 0.3 is 18.3 Å². The van der Waals surface area contributed by atoms with E-state index in [2.05, 4.69) is 4.72 Å². The van der Waals surface area contributed by atoms with Crippen molar-refractivity contribution in [2.45, 2.75) is 56.5 Å². The van der Waals surface area contributed by atoms with Crippen molar-refractivity contribution < 1.29 is 35.3 Å². The molecule has 4 nitrogen and oxygen atoms in total. The maximum Gasteiger partial charge on any atom is 0.471 e. The average Bonchev–Trinajstić information content (AvgIpc) is 2.48. The van der Waals surface area contributed by atoms with Gasteiger partial charge in [-0.2, -0.15) is 26.3 Å². The van der Waals surface area contributed by atoms with Crippen LogP contribution in [0, 0.1) is 0 Å². The standard InChI is InChI=1S/C16H18F6N2O2S/c1-14(2,3)23-27(26)12-7-10(15(17,18)19)6-9-8-24(5-4-11(9)12)13(25)16(20,21)22/h6-7,23H,4-5,8H2,1-3H3. The van der Waals surface area contributed by atoms with Gasteiger partial charge in [-0.1, -0.05) is 0 Å². The number of hydrogen-bond donors (Lipinski definition) is 1. The maximum atomic E-state index is 13.2. The molecule has 1 aromatic carbocycles. The summed E-state index contributed by atoms with van der Waals surface area (Å²) < 4.78 is 92.8. The molecule has 2 rings (SSSR count). The second-order valence-electron chi connectivity index (χ2n) is 7.21. The van der Waals surface area contributed by atoms with Gasteiger partial charge in [-0.15, -0.1) is 0 Å². The number of hydrogen-bond acceptors (Lipinski definition) is 2. The van der Waals surface area contributed by atoms with Crippen LogP contribution in [0.1, 0.15) is 37.5 Å². The van der Waals surface area contributed by atoms with Gasteiger partial charge < -0.3 is 4.90 Å². The Balaban J connectivity index is 2.50. The first kappa shape index (κ1) is 21.7. The fraction of sp³-hybridized carbons (Fsp3) is 0.562. The number of nitrogens with zero attached hydrogens (tertiary/aromatic N) is 1. The molecule has 0 aromatic heterocycles. The summed E-state index contributed by atoms with van der Waals surface area (Å²) in [6, 6.07) is 1.46. The number of benzene rings is 1. The van der Waals surface area contributed by atoms with Crippen molar-refractivity contribution in [1.29, 1.82) is 0 Å². The van der Waals surface area contributed by atoms with Crippen molar-refractivity contribution in [3.63, 3.8) is 0 Å². The normalized spacial score (nSPS) is 16.9. The number of halogens is 6. The summed E-state index contributed by atoms with van der Waals surface area (Å²) in [5.74, 6) is -2.11. The molecule has 0 aliphatic carbocycles. The molecule has 1 aliphatic heterocycles. The van der Waals surface area contributed by atoms with E-state index in [4.69, 9.17) is 0 Å². The van der Waals surface area contributed by atoms with E-state index in [-0.39, 0.29) is 29.0 Å². The first-order valence-corrected chi connectivity index (χ1v) is 9.03. The second kappa shape index (κ2) is 7.08. The molecule has 1 N–H and O–H groups in total. The topological polar surface area (TPSA) is 49.4 Å². The van der Waals surface area contributed by atoms with Crippen LogP contribution in [0.25, 0.3) is 0 Å². The zero-order chi connectivity index (χ0) is 20.8. The third kappa shape index (κ3) is 5.22. The highest BCUT2D eigenvalue weighted by Gasteiger charge is 2.44. The van der Waals surface area contributed by atoms with E-state index in [1.165, 1.54) is 0 Å². The van der Waals surface area contributed by atoms with Crippen LogP contribution in [0.5, 0.6) is 0 Å². The van der Waals surface area contributed by atoms with Gasteiger partial charge in [0.05, 0.1) is 10.5 Å². The molecular weight excluding hydrogens is 398 g/mol. The highest BCUT2D eigenvalue weighted by atomic mass is 32.2. The number of nitrogens with one attached hydrogen (secondary N) is 1. The van der Waals surface area contributed by atoms with E-state index in [0.717, 1.165) is 6.07 Å². The minimum absolute atomic E-state index is 0.0901. The van der Waals surface area contributed by atoms with Crippen LogP contribution >= 0.6 is 0 Å². The highest BCUT2D eigenvalue weighted by Crippen LogP contribution is 2.36. The lowest BCUT2D eigenvalue weighted by molar-refractivity contribution is -0.186. The lowest BCUT2D eigenvalue weighted by Gasteiger charge is -2.31. The maximum absolute atomic E-state index is 13.2. The molecule has 0 saturated carbocycles. The Kier molecular flexibility index (Phi) is 5.69.